The Balaban J connectivity index is 2.26. The van der Waals surface area contributed by atoms with Crippen molar-refractivity contribution in [2.45, 2.75) is 20.1 Å². The average molecular weight is 219 g/mol. The third-order valence-electron chi connectivity index (χ3n) is 2.48. The van der Waals surface area contributed by atoms with Crippen molar-refractivity contribution in [3.8, 4) is 5.75 Å². The van der Waals surface area contributed by atoms with Gasteiger partial charge < -0.3 is 14.0 Å². The lowest BCUT2D eigenvalue weighted by Crippen LogP contribution is -1.97. The number of ether oxygens (including phenoxy) is 2. The highest BCUT2D eigenvalue weighted by molar-refractivity contribution is 5.81. The molecule has 0 radical (unpaired) electrons. The van der Waals surface area contributed by atoms with Crippen LogP contribution in [0.25, 0.3) is 10.9 Å². The van der Waals surface area contributed by atoms with E-state index in [0.29, 0.717) is 6.73 Å². The van der Waals surface area contributed by atoms with Gasteiger partial charge >= 0.3 is 0 Å². The Hall–Kier alpha value is -1.48. The third-order valence-corrected chi connectivity index (χ3v) is 2.48. The Labute approximate surface area is 95.6 Å². The first-order valence-corrected chi connectivity index (χ1v) is 5.55. The molecule has 0 unspecified atom stereocenters. The summed E-state index contributed by atoms with van der Waals surface area (Å²) < 4.78 is 12.8. The number of benzene rings is 1. The second kappa shape index (κ2) is 5.03. The van der Waals surface area contributed by atoms with Crippen LogP contribution in [0.4, 0.5) is 0 Å². The van der Waals surface area contributed by atoms with Crippen LogP contribution >= 0.6 is 0 Å². The van der Waals surface area contributed by atoms with Gasteiger partial charge in [0.25, 0.3) is 0 Å². The topological polar surface area (TPSA) is 23.4 Å². The number of aromatic nitrogens is 1. The van der Waals surface area contributed by atoms with Crippen LogP contribution < -0.4 is 4.74 Å². The van der Waals surface area contributed by atoms with Gasteiger partial charge in [-0.25, -0.2) is 0 Å². The number of hydrogen-bond acceptors (Lipinski definition) is 2. The summed E-state index contributed by atoms with van der Waals surface area (Å²) in [6.45, 7) is 3.45. The van der Waals surface area contributed by atoms with Crippen LogP contribution in [0.1, 0.15) is 13.3 Å². The second-order valence-electron chi connectivity index (χ2n) is 3.77. The standard InChI is InChI=1S/C13H17NO2/c1-3-8-16-12-4-5-13-11(9-12)6-7-14(13)10-15-2/h4-7,9H,3,8,10H2,1-2H3. The quantitative estimate of drug-likeness (QED) is 0.771. The fourth-order valence-corrected chi connectivity index (χ4v) is 1.74. The smallest absolute Gasteiger partial charge is 0.122 e. The molecule has 3 nitrogen and oxygen atoms in total. The molecule has 0 aliphatic carbocycles. The summed E-state index contributed by atoms with van der Waals surface area (Å²) in [6.07, 6.45) is 3.06. The minimum Gasteiger partial charge on any atom is -0.494 e. The maximum Gasteiger partial charge on any atom is 0.122 e. The van der Waals surface area contributed by atoms with Crippen LogP contribution in [0.5, 0.6) is 5.75 Å². The summed E-state index contributed by atoms with van der Waals surface area (Å²) >= 11 is 0. The Morgan fingerprint density at radius 2 is 2.12 bits per heavy atom. The fraction of sp³-hybridized carbons (Fsp3) is 0.385. The summed E-state index contributed by atoms with van der Waals surface area (Å²) in [6, 6.07) is 8.22. The number of nitrogens with zero attached hydrogens (tertiary/aromatic N) is 1. The largest absolute Gasteiger partial charge is 0.494 e. The molecule has 0 aliphatic rings. The lowest BCUT2D eigenvalue weighted by molar-refractivity contribution is 0.135. The molecular formula is C13H17NO2. The Kier molecular flexibility index (Phi) is 3.47. The van der Waals surface area contributed by atoms with E-state index in [2.05, 4.69) is 29.7 Å². The first kappa shape index (κ1) is 11.0. The molecule has 16 heavy (non-hydrogen) atoms. The molecule has 0 saturated heterocycles. The van der Waals surface area contributed by atoms with E-state index >= 15 is 0 Å². The molecule has 2 rings (SSSR count). The van der Waals surface area contributed by atoms with Crippen molar-refractivity contribution >= 4 is 10.9 Å². The minimum absolute atomic E-state index is 0.582. The minimum atomic E-state index is 0.582. The van der Waals surface area contributed by atoms with Crippen molar-refractivity contribution in [3.63, 3.8) is 0 Å². The molecule has 1 aromatic heterocycles. The summed E-state index contributed by atoms with van der Waals surface area (Å²) in [5, 5.41) is 1.19. The van der Waals surface area contributed by atoms with Crippen LogP contribution in [-0.2, 0) is 11.5 Å². The van der Waals surface area contributed by atoms with Crippen molar-refractivity contribution in [2.75, 3.05) is 13.7 Å². The summed E-state index contributed by atoms with van der Waals surface area (Å²) in [7, 11) is 1.70. The number of hydrogen-bond donors (Lipinski definition) is 0. The SMILES string of the molecule is CCCOc1ccc2c(ccn2COC)c1. The van der Waals surface area contributed by atoms with Gasteiger partial charge in [-0.2, -0.15) is 0 Å². The maximum absolute atomic E-state index is 5.59. The van der Waals surface area contributed by atoms with Crippen LogP contribution in [-0.4, -0.2) is 18.3 Å². The van der Waals surface area contributed by atoms with Gasteiger partial charge in [-0.15, -0.1) is 0 Å². The van der Waals surface area contributed by atoms with Gasteiger partial charge in [0.1, 0.15) is 12.5 Å². The van der Waals surface area contributed by atoms with E-state index in [1.165, 1.54) is 10.9 Å². The third kappa shape index (κ3) is 2.19. The van der Waals surface area contributed by atoms with E-state index in [9.17, 15) is 0 Å². The van der Waals surface area contributed by atoms with Crippen LogP contribution in [0, 0.1) is 0 Å². The van der Waals surface area contributed by atoms with Gasteiger partial charge in [-0.3, -0.25) is 0 Å². The molecule has 3 heteroatoms. The summed E-state index contributed by atoms with van der Waals surface area (Å²) in [4.78, 5) is 0. The van der Waals surface area contributed by atoms with Crippen molar-refractivity contribution in [3.05, 3.63) is 30.5 Å². The van der Waals surface area contributed by atoms with E-state index in [1.54, 1.807) is 7.11 Å². The van der Waals surface area contributed by atoms with Crippen molar-refractivity contribution < 1.29 is 9.47 Å². The number of methoxy groups -OCH3 is 1. The molecule has 0 N–H and O–H groups in total. The first-order chi connectivity index (χ1) is 7.85. The predicted octanol–water partition coefficient (Wildman–Crippen LogP) is 3.03. The molecule has 1 aromatic carbocycles. The molecule has 0 atom stereocenters. The summed E-state index contributed by atoms with van der Waals surface area (Å²) in [5.74, 6) is 0.935. The molecule has 0 aliphatic heterocycles. The highest BCUT2D eigenvalue weighted by Gasteiger charge is 2.02. The Morgan fingerprint density at radius 3 is 2.88 bits per heavy atom. The molecular weight excluding hydrogens is 202 g/mol. The molecule has 0 amide bonds. The lowest BCUT2D eigenvalue weighted by Gasteiger charge is -2.06. The summed E-state index contributed by atoms with van der Waals surface area (Å²) in [5.41, 5.74) is 1.17. The number of fused-ring (bicyclic) bond motifs is 1. The van der Waals surface area contributed by atoms with Gasteiger partial charge in [0.05, 0.1) is 12.1 Å². The van der Waals surface area contributed by atoms with E-state index < -0.39 is 0 Å². The zero-order chi connectivity index (χ0) is 11.4. The van der Waals surface area contributed by atoms with Crippen LogP contribution in [0.2, 0.25) is 0 Å². The zero-order valence-electron chi connectivity index (χ0n) is 9.77. The van der Waals surface area contributed by atoms with Crippen molar-refractivity contribution in [1.82, 2.24) is 4.57 Å². The van der Waals surface area contributed by atoms with Gasteiger partial charge in [-0.05, 0) is 30.7 Å². The Morgan fingerprint density at radius 1 is 1.25 bits per heavy atom. The van der Waals surface area contributed by atoms with E-state index in [0.717, 1.165) is 18.8 Å². The Bertz CT molecular complexity index is 462. The first-order valence-electron chi connectivity index (χ1n) is 5.55. The van der Waals surface area contributed by atoms with Crippen molar-refractivity contribution in [2.24, 2.45) is 0 Å². The zero-order valence-corrected chi connectivity index (χ0v) is 9.77. The van der Waals surface area contributed by atoms with E-state index in [1.807, 2.05) is 12.3 Å². The van der Waals surface area contributed by atoms with E-state index in [-0.39, 0.29) is 0 Å². The molecule has 86 valence electrons. The lowest BCUT2D eigenvalue weighted by atomic mass is 10.2. The fourth-order valence-electron chi connectivity index (χ4n) is 1.74. The molecule has 0 bridgehead atoms. The highest BCUT2D eigenvalue weighted by atomic mass is 16.5. The molecule has 1 heterocycles. The maximum atomic E-state index is 5.59. The monoisotopic (exact) mass is 219 g/mol. The molecule has 0 fully saturated rings. The number of rotatable bonds is 5. The van der Waals surface area contributed by atoms with Gasteiger partial charge in [-0.1, -0.05) is 6.92 Å². The van der Waals surface area contributed by atoms with Crippen molar-refractivity contribution in [1.29, 1.82) is 0 Å². The van der Waals surface area contributed by atoms with Crippen LogP contribution in [0.15, 0.2) is 30.5 Å². The predicted molar refractivity (Wildman–Crippen MR) is 64.7 cm³/mol. The van der Waals surface area contributed by atoms with E-state index in [4.69, 9.17) is 9.47 Å². The van der Waals surface area contributed by atoms with Gasteiger partial charge in [0.15, 0.2) is 0 Å². The molecule has 2 aromatic rings. The average Bonchev–Trinajstić information content (AvgIpc) is 2.70. The van der Waals surface area contributed by atoms with Crippen LogP contribution in [0.3, 0.4) is 0 Å². The normalized spacial score (nSPS) is 10.9. The highest BCUT2D eigenvalue weighted by Crippen LogP contribution is 2.22. The van der Waals surface area contributed by atoms with Gasteiger partial charge in [0.2, 0.25) is 0 Å². The van der Waals surface area contributed by atoms with Gasteiger partial charge in [0, 0.05) is 18.7 Å². The molecule has 0 spiro atoms. The second-order valence-corrected chi connectivity index (χ2v) is 3.77. The molecule has 0 saturated carbocycles.